The number of para-hydroxylation sites is 1. The second kappa shape index (κ2) is 12.5. The Kier molecular flexibility index (Phi) is 9.72. The Morgan fingerprint density at radius 1 is 1.10 bits per heavy atom. The van der Waals surface area contributed by atoms with Crippen LogP contribution in [0.2, 0.25) is 0 Å². The Labute approximate surface area is 188 Å². The van der Waals surface area contributed by atoms with E-state index in [1.54, 1.807) is 43.3 Å². The van der Waals surface area contributed by atoms with E-state index < -0.39 is 5.97 Å². The number of benzene rings is 2. The molecule has 0 bridgehead atoms. The average Bonchev–Trinajstić information content (AvgIpc) is 2.72. The molecule has 0 amide bonds. The number of allylic oxidation sites excluding steroid dienone is 3. The third kappa shape index (κ3) is 9.45. The van der Waals surface area contributed by atoms with Gasteiger partial charge in [-0.25, -0.2) is 0 Å². The predicted molar refractivity (Wildman–Crippen MR) is 122 cm³/mol. The van der Waals surface area contributed by atoms with Crippen LogP contribution in [-0.2, 0) is 16.0 Å². The molecule has 0 spiro atoms. The van der Waals surface area contributed by atoms with E-state index in [1.807, 2.05) is 37.3 Å². The molecule has 1 unspecified atom stereocenters. The van der Waals surface area contributed by atoms with Crippen LogP contribution >= 0.6 is 11.6 Å². The number of rotatable bonds is 12. The first kappa shape index (κ1) is 24.1. The summed E-state index contributed by atoms with van der Waals surface area (Å²) < 4.78 is 17.6. The van der Waals surface area contributed by atoms with Gasteiger partial charge in [-0.05, 0) is 55.8 Å². The van der Waals surface area contributed by atoms with Crippen molar-refractivity contribution >= 4 is 17.6 Å². The molecule has 2 rings (SSSR count). The quantitative estimate of drug-likeness (QED) is 0.317. The van der Waals surface area contributed by atoms with Crippen molar-refractivity contribution in [3.8, 4) is 11.5 Å². The Hall–Kier alpha value is -3.18. The van der Waals surface area contributed by atoms with Gasteiger partial charge in [-0.1, -0.05) is 48.5 Å². The van der Waals surface area contributed by atoms with Crippen molar-refractivity contribution in [2.75, 3.05) is 6.61 Å². The number of carboxylic acid groups (broad SMARTS) is 1. The minimum Gasteiger partial charge on any atom is -0.493 e. The Balaban J connectivity index is 1.90. The second-order valence-electron chi connectivity index (χ2n) is 6.90. The van der Waals surface area contributed by atoms with E-state index in [2.05, 4.69) is 6.58 Å². The summed E-state index contributed by atoms with van der Waals surface area (Å²) in [6.07, 6.45) is 3.89. The van der Waals surface area contributed by atoms with Gasteiger partial charge >= 0.3 is 5.97 Å². The minimum absolute atomic E-state index is 0.00850. The van der Waals surface area contributed by atoms with Crippen LogP contribution in [-0.4, -0.2) is 23.8 Å². The van der Waals surface area contributed by atoms with Crippen molar-refractivity contribution < 1.29 is 24.1 Å². The highest BCUT2D eigenvalue weighted by atomic mass is 35.5. The van der Waals surface area contributed by atoms with Gasteiger partial charge in [-0.2, -0.15) is 0 Å². The molecule has 0 saturated carbocycles. The van der Waals surface area contributed by atoms with E-state index in [-0.39, 0.29) is 12.5 Å². The summed E-state index contributed by atoms with van der Waals surface area (Å²) in [5.41, 5.74) is 0.728. The predicted octanol–water partition coefficient (Wildman–Crippen LogP) is 6.11. The highest BCUT2D eigenvalue weighted by Crippen LogP contribution is 2.21. The molecule has 0 radical (unpaired) electrons. The first-order valence-electron chi connectivity index (χ1n) is 9.90. The van der Waals surface area contributed by atoms with Gasteiger partial charge in [0.05, 0.1) is 19.1 Å². The molecule has 164 valence electrons. The summed E-state index contributed by atoms with van der Waals surface area (Å²) in [6.45, 7) is 8.11. The first-order chi connectivity index (χ1) is 14.8. The molecule has 0 aliphatic rings. The van der Waals surface area contributed by atoms with E-state index in [4.69, 9.17) is 30.9 Å². The monoisotopic (exact) mass is 442 g/mol. The van der Waals surface area contributed by atoms with Gasteiger partial charge in [0.2, 0.25) is 0 Å². The molecule has 0 aromatic heterocycles. The summed E-state index contributed by atoms with van der Waals surface area (Å²) in [5, 5.41) is 9.43. The van der Waals surface area contributed by atoms with E-state index in [9.17, 15) is 4.79 Å². The minimum atomic E-state index is -0.861. The number of carboxylic acids is 1. The van der Waals surface area contributed by atoms with Crippen LogP contribution in [0.25, 0.3) is 0 Å². The summed E-state index contributed by atoms with van der Waals surface area (Å²) >= 11 is 5.95. The van der Waals surface area contributed by atoms with E-state index in [0.29, 0.717) is 41.1 Å². The summed E-state index contributed by atoms with van der Waals surface area (Å²) in [7, 11) is 0. The Morgan fingerprint density at radius 3 is 2.39 bits per heavy atom. The molecule has 0 saturated heterocycles. The molecule has 6 heteroatoms. The summed E-state index contributed by atoms with van der Waals surface area (Å²) in [5.74, 6) is 1.34. The molecule has 0 heterocycles. The fourth-order valence-electron chi connectivity index (χ4n) is 2.57. The van der Waals surface area contributed by atoms with Gasteiger partial charge in [-0.3, -0.25) is 4.79 Å². The van der Waals surface area contributed by atoms with Crippen molar-refractivity contribution in [3.05, 3.63) is 95.4 Å². The zero-order chi connectivity index (χ0) is 22.6. The maximum atomic E-state index is 10.7. The van der Waals surface area contributed by atoms with Gasteiger partial charge in [0.15, 0.2) is 11.5 Å². The van der Waals surface area contributed by atoms with Crippen molar-refractivity contribution in [1.82, 2.24) is 0 Å². The van der Waals surface area contributed by atoms with Gasteiger partial charge in [0.1, 0.15) is 11.5 Å². The maximum Gasteiger partial charge on any atom is 0.307 e. The maximum absolute atomic E-state index is 10.7. The molecular formula is C25H27ClO5. The van der Waals surface area contributed by atoms with Crippen LogP contribution in [0.4, 0.5) is 0 Å². The lowest BCUT2D eigenvalue weighted by molar-refractivity contribution is -0.136. The third-order valence-electron chi connectivity index (χ3n) is 4.12. The Bertz CT molecular complexity index is 913. The van der Waals surface area contributed by atoms with Crippen LogP contribution in [0.1, 0.15) is 25.8 Å². The molecule has 0 aliphatic carbocycles. The van der Waals surface area contributed by atoms with Crippen molar-refractivity contribution in [1.29, 1.82) is 0 Å². The third-order valence-corrected chi connectivity index (χ3v) is 4.25. The average molecular weight is 443 g/mol. The van der Waals surface area contributed by atoms with E-state index >= 15 is 0 Å². The van der Waals surface area contributed by atoms with Crippen LogP contribution in [0.15, 0.2) is 89.9 Å². The van der Waals surface area contributed by atoms with Crippen molar-refractivity contribution in [2.24, 2.45) is 0 Å². The second-order valence-corrected chi connectivity index (χ2v) is 7.50. The number of halogens is 1. The highest BCUT2D eigenvalue weighted by Gasteiger charge is 2.12. The standard InChI is InChI=1S/C25H27ClO5/c1-18(26)9-14-24(20(3)31-23-7-5-4-6-8-23)30-19(2)15-16-29-22-12-10-21(11-13-22)17-25(27)28/h4-14,19H,3,15-17H2,1-2H3,(H,27,28)/b18-9+,24-14+. The molecule has 31 heavy (non-hydrogen) atoms. The van der Waals surface area contributed by atoms with Crippen molar-refractivity contribution in [3.63, 3.8) is 0 Å². The smallest absolute Gasteiger partial charge is 0.307 e. The topological polar surface area (TPSA) is 65.0 Å². The zero-order valence-electron chi connectivity index (χ0n) is 17.7. The van der Waals surface area contributed by atoms with Gasteiger partial charge < -0.3 is 19.3 Å². The number of hydrogen-bond donors (Lipinski definition) is 1. The molecule has 1 N–H and O–H groups in total. The fourth-order valence-corrected chi connectivity index (χ4v) is 2.63. The molecule has 0 fully saturated rings. The highest BCUT2D eigenvalue weighted by molar-refractivity contribution is 6.29. The lowest BCUT2D eigenvalue weighted by atomic mass is 10.1. The van der Waals surface area contributed by atoms with Crippen LogP contribution in [0.5, 0.6) is 11.5 Å². The molecule has 1 atom stereocenters. The summed E-state index contributed by atoms with van der Waals surface area (Å²) in [4.78, 5) is 10.7. The van der Waals surface area contributed by atoms with E-state index in [1.165, 1.54) is 0 Å². The molecular weight excluding hydrogens is 416 g/mol. The van der Waals surface area contributed by atoms with Crippen LogP contribution in [0.3, 0.4) is 0 Å². The lowest BCUT2D eigenvalue weighted by Gasteiger charge is -2.19. The first-order valence-corrected chi connectivity index (χ1v) is 10.3. The van der Waals surface area contributed by atoms with Gasteiger partial charge in [0, 0.05) is 11.5 Å². The molecule has 0 aliphatic heterocycles. The fraction of sp³-hybridized carbons (Fsp3) is 0.240. The number of hydrogen-bond acceptors (Lipinski definition) is 4. The number of ether oxygens (including phenoxy) is 3. The van der Waals surface area contributed by atoms with Crippen LogP contribution in [0, 0.1) is 0 Å². The number of carbonyl (C=O) groups is 1. The molecule has 2 aromatic carbocycles. The van der Waals surface area contributed by atoms with Gasteiger partial charge in [-0.15, -0.1) is 0 Å². The normalized spacial score (nSPS) is 12.7. The largest absolute Gasteiger partial charge is 0.493 e. The molecule has 5 nitrogen and oxygen atoms in total. The number of aliphatic carboxylic acids is 1. The molecule has 2 aromatic rings. The SMILES string of the molecule is C=C(Oc1ccccc1)/C(=C\C=C(/C)Cl)OC(C)CCOc1ccc(CC(=O)O)cc1. The van der Waals surface area contributed by atoms with Crippen LogP contribution < -0.4 is 9.47 Å². The lowest BCUT2D eigenvalue weighted by Crippen LogP contribution is -2.15. The Morgan fingerprint density at radius 2 is 1.77 bits per heavy atom. The van der Waals surface area contributed by atoms with Gasteiger partial charge in [0.25, 0.3) is 0 Å². The summed E-state index contributed by atoms with van der Waals surface area (Å²) in [6, 6.07) is 16.4. The van der Waals surface area contributed by atoms with Crippen molar-refractivity contribution in [2.45, 2.75) is 32.8 Å². The van der Waals surface area contributed by atoms with E-state index in [0.717, 1.165) is 5.56 Å². The zero-order valence-corrected chi connectivity index (χ0v) is 18.5.